The summed E-state index contributed by atoms with van der Waals surface area (Å²) in [6.07, 6.45) is 0. The van der Waals surface area contributed by atoms with Gasteiger partial charge in [0.2, 0.25) is 0 Å². The number of carbonyl (C=O) groups excluding carboxylic acids is 2. The highest BCUT2D eigenvalue weighted by Crippen LogP contribution is 2.24. The summed E-state index contributed by atoms with van der Waals surface area (Å²) < 4.78 is 18.4. The number of rotatable bonds is 5. The second kappa shape index (κ2) is 8.31. The summed E-state index contributed by atoms with van der Waals surface area (Å²) in [6, 6.07) is 17.2. The molecule has 0 aliphatic carbocycles. The summed E-state index contributed by atoms with van der Waals surface area (Å²) in [4.78, 5) is 24.2. The molecule has 6 heteroatoms. The van der Waals surface area contributed by atoms with Crippen LogP contribution in [0.25, 0.3) is 10.8 Å². The van der Waals surface area contributed by atoms with Crippen LogP contribution in [0.5, 0.6) is 0 Å². The number of nitrogens with one attached hydrogen (secondary N) is 1. The van der Waals surface area contributed by atoms with E-state index in [1.807, 2.05) is 49.4 Å². The molecule has 0 fully saturated rings. The van der Waals surface area contributed by atoms with Gasteiger partial charge in [0.1, 0.15) is 5.82 Å². The summed E-state index contributed by atoms with van der Waals surface area (Å²) in [5.41, 5.74) is 1.14. The third kappa shape index (κ3) is 4.52. The van der Waals surface area contributed by atoms with Crippen LogP contribution in [0.15, 0.2) is 65.1 Å². The third-order valence-corrected chi connectivity index (χ3v) is 4.81. The Labute approximate surface area is 164 Å². The number of halogens is 2. The van der Waals surface area contributed by atoms with Gasteiger partial charge >= 0.3 is 5.97 Å². The number of hydrogen-bond donors (Lipinski definition) is 1. The van der Waals surface area contributed by atoms with Gasteiger partial charge in [-0.2, -0.15) is 0 Å². The molecule has 27 heavy (non-hydrogen) atoms. The minimum atomic E-state index is -0.699. The fourth-order valence-corrected chi connectivity index (χ4v) is 3.37. The van der Waals surface area contributed by atoms with Crippen molar-refractivity contribution in [1.29, 1.82) is 0 Å². The quantitative estimate of drug-likeness (QED) is 0.593. The first kappa shape index (κ1) is 19.0. The van der Waals surface area contributed by atoms with E-state index in [1.54, 1.807) is 0 Å². The second-order valence-corrected chi connectivity index (χ2v) is 6.91. The average molecular weight is 430 g/mol. The van der Waals surface area contributed by atoms with Crippen LogP contribution in [0, 0.1) is 5.82 Å². The van der Waals surface area contributed by atoms with E-state index >= 15 is 0 Å². The largest absolute Gasteiger partial charge is 0.452 e. The van der Waals surface area contributed by atoms with Gasteiger partial charge in [-0.25, -0.2) is 9.18 Å². The van der Waals surface area contributed by atoms with Crippen molar-refractivity contribution in [2.45, 2.75) is 13.0 Å². The lowest BCUT2D eigenvalue weighted by Crippen LogP contribution is -2.31. The van der Waals surface area contributed by atoms with Crippen molar-refractivity contribution in [1.82, 2.24) is 5.32 Å². The first-order valence-electron chi connectivity index (χ1n) is 8.35. The van der Waals surface area contributed by atoms with Crippen LogP contribution in [0.1, 0.15) is 28.9 Å². The van der Waals surface area contributed by atoms with Gasteiger partial charge in [0, 0.05) is 4.47 Å². The second-order valence-electron chi connectivity index (χ2n) is 6.06. The van der Waals surface area contributed by atoms with Crippen LogP contribution >= 0.6 is 15.9 Å². The van der Waals surface area contributed by atoms with Crippen LogP contribution in [-0.4, -0.2) is 18.5 Å². The van der Waals surface area contributed by atoms with E-state index in [0.717, 1.165) is 22.4 Å². The van der Waals surface area contributed by atoms with Gasteiger partial charge in [-0.3, -0.25) is 4.79 Å². The van der Waals surface area contributed by atoms with Crippen LogP contribution < -0.4 is 5.32 Å². The van der Waals surface area contributed by atoms with Gasteiger partial charge < -0.3 is 10.1 Å². The average Bonchev–Trinajstić information content (AvgIpc) is 2.65. The highest BCUT2D eigenvalue weighted by Gasteiger charge is 2.16. The standard InChI is InChI=1S/C21H17BrFNO3/c1-13(16-8-4-6-14-5-2-3-7-17(14)16)24-20(25)12-27-21(26)18-10-9-15(23)11-19(18)22/h2-11,13H,12H2,1H3,(H,24,25). The molecule has 1 N–H and O–H groups in total. The summed E-state index contributed by atoms with van der Waals surface area (Å²) in [5.74, 6) is -1.59. The van der Waals surface area contributed by atoms with Crippen LogP contribution in [0.2, 0.25) is 0 Å². The van der Waals surface area contributed by atoms with Crippen molar-refractivity contribution < 1.29 is 18.7 Å². The van der Waals surface area contributed by atoms with Crippen molar-refractivity contribution in [3.8, 4) is 0 Å². The Morgan fingerprint density at radius 1 is 1.11 bits per heavy atom. The summed E-state index contributed by atoms with van der Waals surface area (Å²) >= 11 is 3.11. The molecule has 0 spiro atoms. The Hall–Kier alpha value is -2.73. The molecule has 0 aliphatic heterocycles. The molecule has 1 amide bonds. The molecule has 3 rings (SSSR count). The first-order chi connectivity index (χ1) is 13.0. The van der Waals surface area contributed by atoms with E-state index in [4.69, 9.17) is 4.74 Å². The van der Waals surface area contributed by atoms with Gasteiger partial charge in [0.25, 0.3) is 5.91 Å². The molecular weight excluding hydrogens is 413 g/mol. The molecule has 0 saturated heterocycles. The van der Waals surface area contributed by atoms with E-state index in [-0.39, 0.29) is 16.1 Å². The van der Waals surface area contributed by atoms with E-state index in [9.17, 15) is 14.0 Å². The molecule has 3 aromatic rings. The Morgan fingerprint density at radius 2 is 1.85 bits per heavy atom. The van der Waals surface area contributed by atoms with Gasteiger partial charge in [-0.1, -0.05) is 42.5 Å². The SMILES string of the molecule is CC(NC(=O)COC(=O)c1ccc(F)cc1Br)c1cccc2ccccc12. The Kier molecular flexibility index (Phi) is 5.86. The summed E-state index contributed by atoms with van der Waals surface area (Å²) in [7, 11) is 0. The molecular formula is C21H17BrFNO3. The normalized spacial score (nSPS) is 11.8. The molecule has 4 nitrogen and oxygen atoms in total. The lowest BCUT2D eigenvalue weighted by Gasteiger charge is -2.16. The smallest absolute Gasteiger partial charge is 0.339 e. The monoisotopic (exact) mass is 429 g/mol. The Balaban J connectivity index is 1.62. The highest BCUT2D eigenvalue weighted by molar-refractivity contribution is 9.10. The maximum Gasteiger partial charge on any atom is 0.339 e. The van der Waals surface area contributed by atoms with Crippen LogP contribution in [0.3, 0.4) is 0 Å². The van der Waals surface area contributed by atoms with E-state index in [1.165, 1.54) is 12.1 Å². The summed E-state index contributed by atoms with van der Waals surface area (Å²) in [5, 5.41) is 4.97. The third-order valence-electron chi connectivity index (χ3n) is 4.15. The van der Waals surface area contributed by atoms with Crippen molar-refractivity contribution in [2.75, 3.05) is 6.61 Å². The molecule has 3 aromatic carbocycles. The van der Waals surface area contributed by atoms with Gasteiger partial charge in [0.05, 0.1) is 11.6 Å². The maximum atomic E-state index is 13.1. The predicted molar refractivity (Wildman–Crippen MR) is 105 cm³/mol. The Bertz CT molecular complexity index is 1000. The zero-order valence-electron chi connectivity index (χ0n) is 14.5. The molecule has 0 bridgehead atoms. The first-order valence-corrected chi connectivity index (χ1v) is 9.14. The number of ether oxygens (including phenoxy) is 1. The van der Waals surface area contributed by atoms with Crippen molar-refractivity contribution in [3.63, 3.8) is 0 Å². The van der Waals surface area contributed by atoms with E-state index in [2.05, 4.69) is 21.2 Å². The number of hydrogen-bond acceptors (Lipinski definition) is 3. The fourth-order valence-electron chi connectivity index (χ4n) is 2.85. The summed E-state index contributed by atoms with van der Waals surface area (Å²) in [6.45, 7) is 1.45. The van der Waals surface area contributed by atoms with Gasteiger partial charge in [0.15, 0.2) is 6.61 Å². The van der Waals surface area contributed by atoms with Crippen LogP contribution in [-0.2, 0) is 9.53 Å². The molecule has 0 radical (unpaired) electrons. The molecule has 138 valence electrons. The molecule has 0 saturated carbocycles. The molecule has 0 aliphatic rings. The molecule has 1 atom stereocenters. The maximum absolute atomic E-state index is 13.1. The number of amides is 1. The van der Waals surface area contributed by atoms with E-state index < -0.39 is 24.3 Å². The van der Waals surface area contributed by atoms with Crippen LogP contribution in [0.4, 0.5) is 4.39 Å². The zero-order valence-corrected chi connectivity index (χ0v) is 16.1. The minimum Gasteiger partial charge on any atom is -0.452 e. The number of fused-ring (bicyclic) bond motifs is 1. The number of benzene rings is 3. The topological polar surface area (TPSA) is 55.4 Å². The van der Waals surface area contributed by atoms with Crippen molar-refractivity contribution >= 4 is 38.6 Å². The van der Waals surface area contributed by atoms with Gasteiger partial charge in [-0.05, 0) is 57.4 Å². The molecule has 0 aromatic heterocycles. The lowest BCUT2D eigenvalue weighted by atomic mass is 10.00. The minimum absolute atomic E-state index is 0.159. The number of carbonyl (C=O) groups is 2. The zero-order chi connectivity index (χ0) is 19.4. The lowest BCUT2D eigenvalue weighted by molar-refractivity contribution is -0.124. The highest BCUT2D eigenvalue weighted by atomic mass is 79.9. The van der Waals surface area contributed by atoms with Crippen molar-refractivity contribution in [2.24, 2.45) is 0 Å². The number of esters is 1. The fraction of sp³-hybridized carbons (Fsp3) is 0.143. The van der Waals surface area contributed by atoms with E-state index in [0.29, 0.717) is 0 Å². The molecule has 0 heterocycles. The predicted octanol–water partition coefficient (Wildman–Crippen LogP) is 4.78. The van der Waals surface area contributed by atoms with Gasteiger partial charge in [-0.15, -0.1) is 0 Å². The Morgan fingerprint density at radius 3 is 2.63 bits per heavy atom. The van der Waals surface area contributed by atoms with Crippen molar-refractivity contribution in [3.05, 3.63) is 82.1 Å². The molecule has 1 unspecified atom stereocenters.